The molecule has 4 heteroatoms. The molecule has 1 aromatic rings. The van der Waals surface area contributed by atoms with Crippen molar-refractivity contribution < 1.29 is 9.53 Å². The zero-order chi connectivity index (χ0) is 14.3. The summed E-state index contributed by atoms with van der Waals surface area (Å²) in [6.45, 7) is 2.02. The molecule has 1 atom stereocenters. The molecule has 0 fully saturated rings. The van der Waals surface area contributed by atoms with E-state index in [2.05, 4.69) is 4.99 Å². The van der Waals surface area contributed by atoms with Crippen molar-refractivity contribution in [1.29, 1.82) is 0 Å². The maximum Gasteiger partial charge on any atom is 0.331 e. The minimum Gasteiger partial charge on any atom is -0.467 e. The first-order valence-electron chi connectivity index (χ1n) is 6.44. The molecule has 0 aliphatic carbocycles. The summed E-state index contributed by atoms with van der Waals surface area (Å²) in [4.78, 5) is 18.3. The van der Waals surface area contributed by atoms with Gasteiger partial charge in [0.15, 0.2) is 6.04 Å². The number of rotatable bonds is 5. The van der Waals surface area contributed by atoms with Crippen molar-refractivity contribution in [1.82, 2.24) is 4.90 Å². The quantitative estimate of drug-likeness (QED) is 0.464. The Kier molecular flexibility index (Phi) is 6.06. The fourth-order valence-electron chi connectivity index (χ4n) is 1.86. The minimum absolute atomic E-state index is 0.295. The summed E-state index contributed by atoms with van der Waals surface area (Å²) >= 11 is 0. The van der Waals surface area contributed by atoms with Crippen molar-refractivity contribution in [3.63, 3.8) is 0 Å². The second-order valence-electron chi connectivity index (χ2n) is 4.52. The van der Waals surface area contributed by atoms with Gasteiger partial charge in [-0.05, 0) is 5.56 Å². The van der Waals surface area contributed by atoms with Gasteiger partial charge in [0.1, 0.15) is 0 Å². The topological polar surface area (TPSA) is 41.9 Å². The van der Waals surface area contributed by atoms with Crippen LogP contribution in [0.4, 0.5) is 0 Å². The number of carbonyl (C=O) groups excluding carboxylic acids is 1. The van der Waals surface area contributed by atoms with Gasteiger partial charge < -0.3 is 9.64 Å². The Morgan fingerprint density at radius 3 is 2.42 bits per heavy atom. The molecule has 1 unspecified atom stereocenters. The first-order chi connectivity index (χ1) is 9.08. The van der Waals surface area contributed by atoms with Crippen molar-refractivity contribution >= 4 is 11.8 Å². The van der Waals surface area contributed by atoms with Gasteiger partial charge in [-0.25, -0.2) is 4.79 Å². The van der Waals surface area contributed by atoms with Gasteiger partial charge in [0.2, 0.25) is 0 Å². The van der Waals surface area contributed by atoms with Gasteiger partial charge in [-0.3, -0.25) is 4.99 Å². The molecule has 104 valence electrons. The SMILES string of the molecule is CCC(=NC(Cc1ccccc1)C(=O)OC)N(C)C. The van der Waals surface area contributed by atoms with Crippen molar-refractivity contribution in [3.8, 4) is 0 Å². The number of hydrogen-bond acceptors (Lipinski definition) is 3. The lowest BCUT2D eigenvalue weighted by atomic mass is 10.1. The van der Waals surface area contributed by atoms with E-state index in [4.69, 9.17) is 4.74 Å². The molecule has 0 aromatic heterocycles. The summed E-state index contributed by atoms with van der Waals surface area (Å²) < 4.78 is 4.85. The van der Waals surface area contributed by atoms with E-state index >= 15 is 0 Å². The van der Waals surface area contributed by atoms with Crippen LogP contribution in [0.25, 0.3) is 0 Å². The molecular formula is C15H22N2O2. The highest BCUT2D eigenvalue weighted by Crippen LogP contribution is 2.09. The summed E-state index contributed by atoms with van der Waals surface area (Å²) in [6.07, 6.45) is 1.35. The molecule has 0 heterocycles. The molecule has 0 spiro atoms. The van der Waals surface area contributed by atoms with Gasteiger partial charge in [0.05, 0.1) is 12.9 Å². The molecule has 0 amide bonds. The fraction of sp³-hybridized carbons (Fsp3) is 0.467. The van der Waals surface area contributed by atoms with E-state index in [0.29, 0.717) is 6.42 Å². The van der Waals surface area contributed by atoms with Gasteiger partial charge in [0.25, 0.3) is 0 Å². The summed E-state index contributed by atoms with van der Waals surface area (Å²) in [5, 5.41) is 0. The average Bonchev–Trinajstić information content (AvgIpc) is 2.43. The van der Waals surface area contributed by atoms with E-state index in [9.17, 15) is 4.79 Å². The first kappa shape index (κ1) is 15.2. The van der Waals surface area contributed by atoms with Crippen LogP contribution >= 0.6 is 0 Å². The lowest BCUT2D eigenvalue weighted by Gasteiger charge is -2.18. The van der Waals surface area contributed by atoms with E-state index in [-0.39, 0.29) is 5.97 Å². The lowest BCUT2D eigenvalue weighted by Crippen LogP contribution is -2.29. The van der Waals surface area contributed by atoms with Crippen LogP contribution in [-0.4, -0.2) is 44.0 Å². The van der Waals surface area contributed by atoms with E-state index < -0.39 is 6.04 Å². The number of esters is 1. The Balaban J connectivity index is 2.92. The third-order valence-corrected chi connectivity index (χ3v) is 2.88. The molecule has 4 nitrogen and oxygen atoms in total. The molecule has 0 saturated carbocycles. The predicted octanol–water partition coefficient (Wildman–Crippen LogP) is 2.14. The minimum atomic E-state index is -0.482. The molecule has 1 rings (SSSR count). The molecule has 0 aliphatic rings. The third kappa shape index (κ3) is 4.73. The molecule has 0 N–H and O–H groups in total. The predicted molar refractivity (Wildman–Crippen MR) is 77.4 cm³/mol. The second-order valence-corrected chi connectivity index (χ2v) is 4.52. The Hall–Kier alpha value is -1.84. The van der Waals surface area contributed by atoms with Crippen LogP contribution in [0.5, 0.6) is 0 Å². The van der Waals surface area contributed by atoms with Crippen molar-refractivity contribution in [2.45, 2.75) is 25.8 Å². The highest BCUT2D eigenvalue weighted by atomic mass is 16.5. The molecule has 19 heavy (non-hydrogen) atoms. The maximum absolute atomic E-state index is 11.8. The van der Waals surface area contributed by atoms with Gasteiger partial charge in [-0.2, -0.15) is 0 Å². The maximum atomic E-state index is 11.8. The zero-order valence-electron chi connectivity index (χ0n) is 12.1. The standard InChI is InChI=1S/C15H22N2O2/c1-5-14(17(2)3)16-13(15(18)19-4)11-12-9-7-6-8-10-12/h6-10,13H,5,11H2,1-4H3. The number of hydrogen-bond donors (Lipinski definition) is 0. The number of methoxy groups -OCH3 is 1. The highest BCUT2D eigenvalue weighted by Gasteiger charge is 2.19. The van der Waals surface area contributed by atoms with Crippen molar-refractivity contribution in [3.05, 3.63) is 35.9 Å². The average molecular weight is 262 g/mol. The summed E-state index contributed by atoms with van der Waals surface area (Å²) in [5.41, 5.74) is 1.08. The largest absolute Gasteiger partial charge is 0.467 e. The van der Waals surface area contributed by atoms with E-state index in [1.807, 2.05) is 56.3 Å². The molecular weight excluding hydrogens is 240 g/mol. The number of ether oxygens (including phenoxy) is 1. The van der Waals surface area contributed by atoms with Crippen molar-refractivity contribution in [2.24, 2.45) is 4.99 Å². The molecule has 0 bridgehead atoms. The second kappa shape index (κ2) is 7.56. The number of aliphatic imine (C=N–C) groups is 1. The van der Waals surface area contributed by atoms with Gasteiger partial charge in [-0.15, -0.1) is 0 Å². The van der Waals surface area contributed by atoms with Gasteiger partial charge in [-0.1, -0.05) is 37.3 Å². The lowest BCUT2D eigenvalue weighted by molar-refractivity contribution is -0.142. The summed E-state index contributed by atoms with van der Waals surface area (Å²) in [6, 6.07) is 9.38. The van der Waals surface area contributed by atoms with E-state index in [1.54, 1.807) is 0 Å². The van der Waals surface area contributed by atoms with Crippen LogP contribution in [0.15, 0.2) is 35.3 Å². The molecule has 0 radical (unpaired) electrons. The normalized spacial score (nSPS) is 12.9. The number of carbonyl (C=O) groups is 1. The fourth-order valence-corrected chi connectivity index (χ4v) is 1.86. The van der Waals surface area contributed by atoms with Crippen LogP contribution in [-0.2, 0) is 16.0 Å². The Bertz CT molecular complexity index is 427. The van der Waals surface area contributed by atoms with Gasteiger partial charge >= 0.3 is 5.97 Å². The number of benzene rings is 1. The van der Waals surface area contributed by atoms with Gasteiger partial charge in [0, 0.05) is 26.9 Å². The Morgan fingerprint density at radius 1 is 1.32 bits per heavy atom. The smallest absolute Gasteiger partial charge is 0.331 e. The first-order valence-corrected chi connectivity index (χ1v) is 6.44. The van der Waals surface area contributed by atoms with E-state index in [0.717, 1.165) is 17.8 Å². The summed E-state index contributed by atoms with van der Waals surface area (Å²) in [7, 11) is 5.26. The third-order valence-electron chi connectivity index (χ3n) is 2.88. The highest BCUT2D eigenvalue weighted by molar-refractivity contribution is 5.86. The number of nitrogens with zero attached hydrogens (tertiary/aromatic N) is 2. The monoisotopic (exact) mass is 262 g/mol. The van der Waals surface area contributed by atoms with Crippen LogP contribution in [0, 0.1) is 0 Å². The molecule has 0 aliphatic heterocycles. The van der Waals surface area contributed by atoms with Crippen LogP contribution in [0.2, 0.25) is 0 Å². The van der Waals surface area contributed by atoms with Crippen LogP contribution in [0.1, 0.15) is 18.9 Å². The van der Waals surface area contributed by atoms with Crippen LogP contribution < -0.4 is 0 Å². The van der Waals surface area contributed by atoms with Crippen molar-refractivity contribution in [2.75, 3.05) is 21.2 Å². The Labute approximate surface area is 115 Å². The zero-order valence-corrected chi connectivity index (χ0v) is 12.1. The Morgan fingerprint density at radius 2 is 1.95 bits per heavy atom. The molecule has 0 saturated heterocycles. The summed E-state index contributed by atoms with van der Waals surface area (Å²) in [5.74, 6) is 0.600. The van der Waals surface area contributed by atoms with E-state index in [1.165, 1.54) is 7.11 Å². The number of amidine groups is 1. The molecule has 1 aromatic carbocycles. The van der Waals surface area contributed by atoms with Crippen LogP contribution in [0.3, 0.4) is 0 Å².